The minimum Gasteiger partial charge on any atom is -0.380 e. The molecule has 2 heteroatoms. The van der Waals surface area contributed by atoms with Gasteiger partial charge in [-0.15, -0.1) is 0 Å². The van der Waals surface area contributed by atoms with Gasteiger partial charge in [-0.05, 0) is 11.1 Å². The first-order valence-corrected chi connectivity index (χ1v) is 7.47. The van der Waals surface area contributed by atoms with Crippen LogP contribution in [0.3, 0.4) is 0 Å². The third-order valence-electron chi connectivity index (χ3n) is 4.46. The Bertz CT molecular complexity index is 492. The molecule has 1 saturated heterocycles. The van der Waals surface area contributed by atoms with Gasteiger partial charge in [0, 0.05) is 18.8 Å². The van der Waals surface area contributed by atoms with Crippen molar-refractivity contribution < 1.29 is 10.4 Å². The molecule has 2 aromatic carbocycles. The summed E-state index contributed by atoms with van der Waals surface area (Å²) in [5.41, 5.74) is 1.16. The van der Waals surface area contributed by atoms with E-state index in [4.69, 9.17) is 0 Å². The van der Waals surface area contributed by atoms with Crippen LogP contribution in [0, 0.1) is 5.92 Å². The smallest absolute Gasteiger partial charge is 0.118 e. The fourth-order valence-corrected chi connectivity index (χ4v) is 3.37. The highest BCUT2D eigenvalue weighted by Crippen LogP contribution is 2.40. The molecule has 0 spiro atoms. The third-order valence-corrected chi connectivity index (χ3v) is 4.46. The van der Waals surface area contributed by atoms with Crippen molar-refractivity contribution in [2.24, 2.45) is 5.92 Å². The number of benzene rings is 2. The summed E-state index contributed by atoms with van der Waals surface area (Å²) in [6.07, 6.45) is 2.11. The van der Waals surface area contributed by atoms with E-state index in [0.29, 0.717) is 0 Å². The molecule has 104 valence electrons. The summed E-state index contributed by atoms with van der Waals surface area (Å²) < 4.78 is 0. The van der Waals surface area contributed by atoms with Gasteiger partial charge in [-0.3, -0.25) is 0 Å². The minimum atomic E-state index is -0.864. The lowest BCUT2D eigenvalue weighted by molar-refractivity contribution is -0.666. The van der Waals surface area contributed by atoms with Crippen molar-refractivity contribution in [3.8, 4) is 0 Å². The molecule has 1 heterocycles. The normalized spacial score (nSPS) is 17.1. The number of nitrogens with two attached hydrogens (primary N) is 1. The molecule has 0 aliphatic carbocycles. The molecule has 0 unspecified atom stereocenters. The second kappa shape index (κ2) is 5.78. The highest BCUT2D eigenvalue weighted by Gasteiger charge is 2.41. The summed E-state index contributed by atoms with van der Waals surface area (Å²) in [5.74, 6) is 0.289. The molecule has 1 fully saturated rings. The van der Waals surface area contributed by atoms with Crippen LogP contribution in [-0.4, -0.2) is 18.2 Å². The monoisotopic (exact) mass is 268 g/mol. The van der Waals surface area contributed by atoms with E-state index in [-0.39, 0.29) is 5.92 Å². The topological polar surface area (TPSA) is 36.8 Å². The van der Waals surface area contributed by atoms with Crippen molar-refractivity contribution in [3.05, 3.63) is 71.8 Å². The van der Waals surface area contributed by atoms with E-state index >= 15 is 0 Å². The van der Waals surface area contributed by atoms with Gasteiger partial charge in [0.1, 0.15) is 5.60 Å². The second-order valence-electron chi connectivity index (χ2n) is 5.64. The van der Waals surface area contributed by atoms with Crippen molar-refractivity contribution in [2.45, 2.75) is 18.4 Å². The van der Waals surface area contributed by atoms with Gasteiger partial charge in [-0.2, -0.15) is 0 Å². The predicted octanol–water partition coefficient (Wildman–Crippen LogP) is 1.90. The zero-order valence-electron chi connectivity index (χ0n) is 11.7. The first-order valence-electron chi connectivity index (χ1n) is 7.47. The van der Waals surface area contributed by atoms with E-state index < -0.39 is 5.60 Å². The van der Waals surface area contributed by atoms with Gasteiger partial charge in [0.2, 0.25) is 0 Å². The van der Waals surface area contributed by atoms with E-state index in [9.17, 15) is 5.11 Å². The number of piperidine rings is 1. The van der Waals surface area contributed by atoms with Crippen molar-refractivity contribution >= 4 is 0 Å². The van der Waals surface area contributed by atoms with Crippen LogP contribution in [-0.2, 0) is 5.60 Å². The molecule has 0 radical (unpaired) electrons. The van der Waals surface area contributed by atoms with E-state index in [1.54, 1.807) is 0 Å². The maximum absolute atomic E-state index is 11.6. The van der Waals surface area contributed by atoms with Gasteiger partial charge in [0.25, 0.3) is 0 Å². The van der Waals surface area contributed by atoms with E-state index in [1.165, 1.54) is 0 Å². The number of rotatable bonds is 3. The van der Waals surface area contributed by atoms with Gasteiger partial charge < -0.3 is 10.4 Å². The van der Waals surface area contributed by atoms with Gasteiger partial charge in [-0.25, -0.2) is 0 Å². The molecule has 0 saturated carbocycles. The van der Waals surface area contributed by atoms with Crippen LogP contribution in [0.4, 0.5) is 0 Å². The van der Waals surface area contributed by atoms with Gasteiger partial charge in [0.05, 0.1) is 13.1 Å². The molecule has 20 heavy (non-hydrogen) atoms. The quantitative estimate of drug-likeness (QED) is 0.876. The lowest BCUT2D eigenvalue weighted by Gasteiger charge is -2.38. The van der Waals surface area contributed by atoms with Crippen molar-refractivity contribution in [1.82, 2.24) is 0 Å². The van der Waals surface area contributed by atoms with E-state index in [1.807, 2.05) is 60.7 Å². The summed E-state index contributed by atoms with van der Waals surface area (Å²) in [5, 5.41) is 13.9. The molecule has 1 aliphatic rings. The maximum Gasteiger partial charge on any atom is 0.118 e. The van der Waals surface area contributed by atoms with Crippen LogP contribution in [0.1, 0.15) is 24.0 Å². The minimum absolute atomic E-state index is 0.289. The second-order valence-corrected chi connectivity index (χ2v) is 5.64. The number of hydrogen-bond acceptors (Lipinski definition) is 1. The Morgan fingerprint density at radius 1 is 0.800 bits per heavy atom. The van der Waals surface area contributed by atoms with Crippen LogP contribution in [0.15, 0.2) is 60.7 Å². The lowest BCUT2D eigenvalue weighted by atomic mass is 9.72. The van der Waals surface area contributed by atoms with Gasteiger partial charge >= 0.3 is 0 Å². The summed E-state index contributed by atoms with van der Waals surface area (Å²) in [6, 6.07) is 20.2. The Morgan fingerprint density at radius 3 is 1.70 bits per heavy atom. The first kappa shape index (κ1) is 13.3. The predicted molar refractivity (Wildman–Crippen MR) is 80.3 cm³/mol. The SMILES string of the molecule is OC(c1ccccc1)(c1ccccc1)C1CC[NH2+]CC1. The Hall–Kier alpha value is -1.64. The van der Waals surface area contributed by atoms with E-state index in [0.717, 1.165) is 37.1 Å². The molecule has 2 aromatic rings. The first-order chi connectivity index (χ1) is 9.82. The molecule has 2 nitrogen and oxygen atoms in total. The average molecular weight is 268 g/mol. The molecular weight excluding hydrogens is 246 g/mol. The third kappa shape index (κ3) is 2.37. The largest absolute Gasteiger partial charge is 0.380 e. The highest BCUT2D eigenvalue weighted by molar-refractivity contribution is 5.37. The van der Waals surface area contributed by atoms with Crippen molar-refractivity contribution in [1.29, 1.82) is 0 Å². The summed E-state index contributed by atoms with van der Waals surface area (Å²) in [6.45, 7) is 2.21. The van der Waals surface area contributed by atoms with Crippen molar-refractivity contribution in [2.75, 3.05) is 13.1 Å². The number of aliphatic hydroxyl groups is 1. The van der Waals surface area contributed by atoms with Crippen LogP contribution in [0.5, 0.6) is 0 Å². The van der Waals surface area contributed by atoms with Crippen LogP contribution in [0.25, 0.3) is 0 Å². The zero-order valence-corrected chi connectivity index (χ0v) is 11.7. The molecule has 0 aromatic heterocycles. The van der Waals surface area contributed by atoms with Crippen LogP contribution < -0.4 is 5.32 Å². The maximum atomic E-state index is 11.6. The fourth-order valence-electron chi connectivity index (χ4n) is 3.37. The van der Waals surface area contributed by atoms with Crippen LogP contribution in [0.2, 0.25) is 0 Å². The summed E-state index contributed by atoms with van der Waals surface area (Å²) >= 11 is 0. The van der Waals surface area contributed by atoms with Gasteiger partial charge in [0.15, 0.2) is 0 Å². The summed E-state index contributed by atoms with van der Waals surface area (Å²) in [4.78, 5) is 0. The average Bonchev–Trinajstić information content (AvgIpc) is 2.56. The lowest BCUT2D eigenvalue weighted by Crippen LogP contribution is -2.86. The van der Waals surface area contributed by atoms with Crippen LogP contribution >= 0.6 is 0 Å². The molecule has 3 rings (SSSR count). The highest BCUT2D eigenvalue weighted by atomic mass is 16.3. The molecule has 0 amide bonds. The zero-order chi connectivity index (χ0) is 13.8. The Labute approximate surface area is 120 Å². The fraction of sp³-hybridized carbons (Fsp3) is 0.333. The molecular formula is C18H22NO+. The number of quaternary nitrogens is 1. The Kier molecular flexibility index (Phi) is 3.86. The molecule has 0 bridgehead atoms. The molecule has 1 aliphatic heterocycles. The molecule has 3 N–H and O–H groups in total. The number of hydrogen-bond donors (Lipinski definition) is 2. The molecule has 0 atom stereocenters. The standard InChI is InChI=1S/C18H21NO/c20-18(15-7-3-1-4-8-15,16-9-5-2-6-10-16)17-11-13-19-14-12-17/h1-10,17,19-20H,11-14H2/p+1. The Morgan fingerprint density at radius 2 is 1.25 bits per heavy atom. The van der Waals surface area contributed by atoms with E-state index in [2.05, 4.69) is 5.32 Å². The summed E-state index contributed by atoms with van der Waals surface area (Å²) in [7, 11) is 0. The van der Waals surface area contributed by atoms with Crippen molar-refractivity contribution in [3.63, 3.8) is 0 Å². The van der Waals surface area contributed by atoms with Gasteiger partial charge in [-0.1, -0.05) is 60.7 Å². The Balaban J connectivity index is 2.07.